The van der Waals surface area contributed by atoms with Crippen LogP contribution in [-0.2, 0) is 20.7 Å². The summed E-state index contributed by atoms with van der Waals surface area (Å²) in [6, 6.07) is 17.4. The van der Waals surface area contributed by atoms with Crippen LogP contribution in [0.25, 0.3) is 0 Å². The van der Waals surface area contributed by atoms with E-state index >= 15 is 0 Å². The van der Waals surface area contributed by atoms with Crippen molar-refractivity contribution in [3.8, 4) is 0 Å². The van der Waals surface area contributed by atoms with E-state index in [1.807, 2.05) is 13.0 Å². The minimum atomic E-state index is -0.205. The van der Waals surface area contributed by atoms with Crippen molar-refractivity contribution in [2.24, 2.45) is 5.92 Å². The molecule has 5 rings (SSSR count). The van der Waals surface area contributed by atoms with Gasteiger partial charge in [-0.3, -0.25) is 4.90 Å². The lowest BCUT2D eigenvalue weighted by atomic mass is 9.83. The lowest BCUT2D eigenvalue weighted by Gasteiger charge is -2.42. The Morgan fingerprint density at radius 2 is 1.91 bits per heavy atom. The quantitative estimate of drug-likeness (QED) is 0.569. The van der Waals surface area contributed by atoms with Gasteiger partial charge >= 0.3 is 5.97 Å². The average molecular weight is 432 g/mol. The van der Waals surface area contributed by atoms with Crippen LogP contribution in [-0.4, -0.2) is 29.8 Å². The first kappa shape index (κ1) is 21.4. The molecule has 4 nitrogen and oxygen atoms in total. The van der Waals surface area contributed by atoms with E-state index in [-0.39, 0.29) is 36.3 Å². The Morgan fingerprint density at radius 3 is 2.59 bits per heavy atom. The van der Waals surface area contributed by atoms with Gasteiger partial charge in [0, 0.05) is 17.9 Å². The van der Waals surface area contributed by atoms with E-state index in [1.54, 1.807) is 0 Å². The van der Waals surface area contributed by atoms with Gasteiger partial charge in [0.25, 0.3) is 0 Å². The highest BCUT2D eigenvalue weighted by Gasteiger charge is 2.55. The molecule has 1 saturated heterocycles. The van der Waals surface area contributed by atoms with Crippen LogP contribution in [0.3, 0.4) is 0 Å². The third-order valence-corrected chi connectivity index (χ3v) is 7.34. The largest absolute Gasteiger partial charge is 0.463 e. The third kappa shape index (κ3) is 3.32. The standard InChI is InChI=1S/C28H33NO3/c1-5-20-22(28(30)31-6-2)16-23(18-11-8-7-9-12-18)29-26-24(32-27(20)29)15-19-13-10-14-21(17(3)4)25(19)26/h7-14,16-17,20,23-24,26-27H,5-6,15H2,1-4H3/t20-,23-,24+,26+,27+/m0/s1. The van der Waals surface area contributed by atoms with Crippen LogP contribution in [0.1, 0.15) is 74.4 Å². The zero-order valence-electron chi connectivity index (χ0n) is 19.5. The molecule has 0 amide bonds. The molecule has 2 aromatic rings. The fourth-order valence-electron chi connectivity index (χ4n) is 6.00. The summed E-state index contributed by atoms with van der Waals surface area (Å²) in [5.41, 5.74) is 6.22. The minimum absolute atomic E-state index is 0.00859. The first-order valence-electron chi connectivity index (χ1n) is 12.0. The molecule has 2 heterocycles. The van der Waals surface area contributed by atoms with Gasteiger partial charge in [-0.1, -0.05) is 75.4 Å². The Labute approximate surface area is 191 Å². The van der Waals surface area contributed by atoms with Crippen LogP contribution >= 0.6 is 0 Å². The van der Waals surface area contributed by atoms with Gasteiger partial charge in [-0.2, -0.15) is 0 Å². The fraction of sp³-hybridized carbons (Fsp3) is 0.464. The number of fused-ring (bicyclic) bond motifs is 5. The van der Waals surface area contributed by atoms with Gasteiger partial charge in [0.2, 0.25) is 0 Å². The number of benzene rings is 2. The van der Waals surface area contributed by atoms with Crippen LogP contribution < -0.4 is 0 Å². The molecule has 2 aliphatic heterocycles. The van der Waals surface area contributed by atoms with Gasteiger partial charge in [-0.25, -0.2) is 4.79 Å². The maximum atomic E-state index is 13.0. The van der Waals surface area contributed by atoms with Crippen molar-refractivity contribution in [2.45, 2.75) is 70.9 Å². The van der Waals surface area contributed by atoms with E-state index in [1.165, 1.54) is 22.3 Å². The molecule has 4 heteroatoms. The van der Waals surface area contributed by atoms with E-state index in [0.29, 0.717) is 12.5 Å². The highest BCUT2D eigenvalue weighted by molar-refractivity contribution is 5.89. The first-order chi connectivity index (χ1) is 15.5. The number of hydrogen-bond donors (Lipinski definition) is 0. The van der Waals surface area contributed by atoms with E-state index in [4.69, 9.17) is 9.47 Å². The van der Waals surface area contributed by atoms with Gasteiger partial charge in [0.1, 0.15) is 6.23 Å². The Bertz CT molecular complexity index is 1030. The van der Waals surface area contributed by atoms with Crippen LogP contribution in [0.4, 0.5) is 0 Å². The Morgan fingerprint density at radius 1 is 1.12 bits per heavy atom. The molecule has 1 fully saturated rings. The van der Waals surface area contributed by atoms with Crippen molar-refractivity contribution >= 4 is 5.97 Å². The van der Waals surface area contributed by atoms with Gasteiger partial charge in [-0.05, 0) is 41.5 Å². The second kappa shape index (κ2) is 8.49. The Balaban J connectivity index is 1.66. The summed E-state index contributed by atoms with van der Waals surface area (Å²) < 4.78 is 12.3. The molecule has 0 aromatic heterocycles. The zero-order valence-corrected chi connectivity index (χ0v) is 19.5. The Kier molecular flexibility index (Phi) is 5.68. The SMILES string of the molecule is CCOC(=O)C1=C[C@@H](c2ccccc2)N2[C@H](O[C@@H]3Cc4cccc(C(C)C)c4[C@@H]32)[C@H]1CC. The number of ether oxygens (including phenoxy) is 2. The summed E-state index contributed by atoms with van der Waals surface area (Å²) >= 11 is 0. The monoisotopic (exact) mass is 431 g/mol. The molecular formula is C28H33NO3. The van der Waals surface area contributed by atoms with Crippen LogP contribution in [0.5, 0.6) is 0 Å². The molecule has 0 unspecified atom stereocenters. The normalized spacial score (nSPS) is 28.8. The molecule has 0 radical (unpaired) electrons. The fourth-order valence-corrected chi connectivity index (χ4v) is 6.00. The number of carbonyl (C=O) groups excluding carboxylic acids is 1. The summed E-state index contributed by atoms with van der Waals surface area (Å²) in [5, 5.41) is 0. The summed E-state index contributed by atoms with van der Waals surface area (Å²) in [6.45, 7) is 8.94. The first-order valence-corrected chi connectivity index (χ1v) is 12.0. The van der Waals surface area contributed by atoms with Crippen molar-refractivity contribution in [3.63, 3.8) is 0 Å². The van der Waals surface area contributed by atoms with Crippen molar-refractivity contribution in [2.75, 3.05) is 6.61 Å². The van der Waals surface area contributed by atoms with E-state index in [9.17, 15) is 4.79 Å². The molecule has 0 saturated carbocycles. The summed E-state index contributed by atoms with van der Waals surface area (Å²) in [4.78, 5) is 15.5. The molecule has 0 N–H and O–H groups in total. The van der Waals surface area contributed by atoms with Crippen molar-refractivity contribution in [1.82, 2.24) is 4.90 Å². The second-order valence-electron chi connectivity index (χ2n) is 9.45. The highest BCUT2D eigenvalue weighted by atomic mass is 16.5. The lowest BCUT2D eigenvalue weighted by Crippen LogP contribution is -2.45. The molecule has 3 aliphatic rings. The predicted molar refractivity (Wildman–Crippen MR) is 125 cm³/mol. The average Bonchev–Trinajstić information content (AvgIpc) is 3.34. The third-order valence-electron chi connectivity index (χ3n) is 7.34. The molecule has 2 aromatic carbocycles. The molecule has 168 valence electrons. The minimum Gasteiger partial charge on any atom is -0.463 e. The van der Waals surface area contributed by atoms with E-state index in [2.05, 4.69) is 74.2 Å². The van der Waals surface area contributed by atoms with Crippen molar-refractivity contribution in [3.05, 3.63) is 82.4 Å². The van der Waals surface area contributed by atoms with Crippen molar-refractivity contribution < 1.29 is 14.3 Å². The van der Waals surface area contributed by atoms with Crippen LogP contribution in [0.2, 0.25) is 0 Å². The maximum absolute atomic E-state index is 13.0. The molecule has 5 atom stereocenters. The summed E-state index contributed by atoms with van der Waals surface area (Å²) in [5.74, 6) is 0.258. The van der Waals surface area contributed by atoms with Gasteiger partial charge in [-0.15, -0.1) is 0 Å². The molecule has 0 spiro atoms. The van der Waals surface area contributed by atoms with E-state index < -0.39 is 0 Å². The van der Waals surface area contributed by atoms with Crippen LogP contribution in [0, 0.1) is 5.92 Å². The number of rotatable bonds is 5. The van der Waals surface area contributed by atoms with Crippen LogP contribution in [0.15, 0.2) is 60.2 Å². The predicted octanol–water partition coefficient (Wildman–Crippen LogP) is 5.70. The number of nitrogens with zero attached hydrogens (tertiary/aromatic N) is 1. The number of hydrogen-bond acceptors (Lipinski definition) is 4. The molecule has 32 heavy (non-hydrogen) atoms. The maximum Gasteiger partial charge on any atom is 0.334 e. The molecule has 0 bridgehead atoms. The van der Waals surface area contributed by atoms with Gasteiger partial charge in [0.15, 0.2) is 0 Å². The molecular weight excluding hydrogens is 398 g/mol. The molecule has 1 aliphatic carbocycles. The summed E-state index contributed by atoms with van der Waals surface area (Å²) in [6.07, 6.45) is 3.91. The highest BCUT2D eigenvalue weighted by Crippen LogP contribution is 2.55. The van der Waals surface area contributed by atoms with E-state index in [0.717, 1.165) is 18.4 Å². The summed E-state index contributed by atoms with van der Waals surface area (Å²) in [7, 11) is 0. The topological polar surface area (TPSA) is 38.8 Å². The smallest absolute Gasteiger partial charge is 0.334 e. The van der Waals surface area contributed by atoms with Crippen molar-refractivity contribution in [1.29, 1.82) is 0 Å². The Hall–Kier alpha value is -2.43. The lowest BCUT2D eigenvalue weighted by molar-refractivity contribution is -0.141. The van der Waals surface area contributed by atoms with Gasteiger partial charge in [0.05, 0.1) is 24.8 Å². The van der Waals surface area contributed by atoms with Gasteiger partial charge < -0.3 is 9.47 Å². The number of carbonyl (C=O) groups is 1. The number of esters is 1. The second-order valence-corrected chi connectivity index (χ2v) is 9.45. The zero-order chi connectivity index (χ0) is 22.4.